The molecule has 0 saturated carbocycles. The van der Waals surface area contributed by atoms with Crippen LogP contribution in [0.15, 0.2) is 34.9 Å². The molecule has 0 radical (unpaired) electrons. The largest absolute Gasteiger partial charge is 0.459 e. The zero-order valence-electron chi connectivity index (χ0n) is 15.9. The molecular weight excluding hydrogens is 382 g/mol. The van der Waals surface area contributed by atoms with E-state index in [1.165, 1.54) is 25.3 Å². The first kappa shape index (κ1) is 21.2. The minimum absolute atomic E-state index is 0.123. The van der Waals surface area contributed by atoms with Gasteiger partial charge in [0.2, 0.25) is 0 Å². The van der Waals surface area contributed by atoms with Gasteiger partial charge in [0.05, 0.1) is 17.3 Å². The molecule has 2 atom stereocenters. The van der Waals surface area contributed by atoms with Crippen LogP contribution in [0, 0.1) is 17.2 Å². The third kappa shape index (κ3) is 4.98. The lowest BCUT2D eigenvalue weighted by molar-refractivity contribution is -0.130. The van der Waals surface area contributed by atoms with Gasteiger partial charge in [0.25, 0.3) is 11.8 Å². The van der Waals surface area contributed by atoms with Crippen molar-refractivity contribution in [2.45, 2.75) is 39.3 Å². The molecule has 0 bridgehead atoms. The van der Waals surface area contributed by atoms with Crippen molar-refractivity contribution in [1.82, 2.24) is 5.32 Å². The molecule has 2 aromatic heterocycles. The lowest BCUT2D eigenvalue weighted by atomic mass is 9.90. The Bertz CT molecular complexity index is 897. The molecule has 0 aliphatic carbocycles. The lowest BCUT2D eigenvalue weighted by Crippen LogP contribution is -2.52. The molecule has 2 rings (SSSR count). The average Bonchev–Trinajstić information content (AvgIpc) is 3.33. The molecule has 2 aromatic rings. The molecular formula is C19H21N3O5S. The van der Waals surface area contributed by atoms with Crippen molar-refractivity contribution in [3.8, 4) is 6.07 Å². The highest BCUT2D eigenvalue weighted by molar-refractivity contribution is 7.18. The number of thiophene rings is 1. The van der Waals surface area contributed by atoms with Crippen LogP contribution >= 0.6 is 11.3 Å². The number of esters is 1. The van der Waals surface area contributed by atoms with Crippen molar-refractivity contribution in [2.75, 3.05) is 5.32 Å². The maximum absolute atomic E-state index is 12.3. The number of nitrogens with zero attached hydrogens (tertiary/aromatic N) is 1. The van der Waals surface area contributed by atoms with Crippen LogP contribution in [0.3, 0.4) is 0 Å². The molecule has 148 valence electrons. The summed E-state index contributed by atoms with van der Waals surface area (Å²) in [6.07, 6.45) is 0.303. The summed E-state index contributed by atoms with van der Waals surface area (Å²) in [4.78, 5) is 36.7. The van der Waals surface area contributed by atoms with E-state index in [2.05, 4.69) is 16.7 Å². The number of nitrogens with one attached hydrogen (secondary N) is 2. The number of ether oxygens (including phenoxy) is 1. The maximum Gasteiger partial charge on any atom is 0.349 e. The van der Waals surface area contributed by atoms with Gasteiger partial charge in [-0.2, -0.15) is 5.26 Å². The average molecular weight is 403 g/mol. The van der Waals surface area contributed by atoms with Crippen molar-refractivity contribution in [3.63, 3.8) is 0 Å². The first-order valence-electron chi connectivity index (χ1n) is 8.55. The minimum atomic E-state index is -1.08. The van der Waals surface area contributed by atoms with E-state index >= 15 is 0 Å². The van der Waals surface area contributed by atoms with Crippen molar-refractivity contribution >= 4 is 34.1 Å². The molecule has 9 heteroatoms. The second kappa shape index (κ2) is 8.71. The highest BCUT2D eigenvalue weighted by atomic mass is 32.1. The van der Waals surface area contributed by atoms with E-state index in [1.54, 1.807) is 19.1 Å². The number of carbonyl (C=O) groups is 3. The Kier molecular flexibility index (Phi) is 6.59. The van der Waals surface area contributed by atoms with Crippen LogP contribution in [0.25, 0.3) is 0 Å². The lowest BCUT2D eigenvalue weighted by Gasteiger charge is -2.28. The van der Waals surface area contributed by atoms with Crippen LogP contribution in [0.1, 0.15) is 47.9 Å². The smallest absolute Gasteiger partial charge is 0.349 e. The van der Waals surface area contributed by atoms with Gasteiger partial charge in [-0.25, -0.2) is 4.79 Å². The van der Waals surface area contributed by atoms with Gasteiger partial charge in [0, 0.05) is 0 Å². The molecule has 28 heavy (non-hydrogen) atoms. The Hall–Kier alpha value is -3.12. The van der Waals surface area contributed by atoms with Crippen LogP contribution in [0.5, 0.6) is 0 Å². The fourth-order valence-electron chi connectivity index (χ4n) is 2.03. The molecule has 8 nitrogen and oxygen atoms in total. The standard InChI is InChI=1S/C19H21N3O5S/c1-11(2)19(4,10-20)22-16(23)12(3)27-18(25)14-7-8-15(28-14)21-17(24)13-6-5-9-26-13/h5-9,11-12H,1-4H3,(H,21,24)(H,22,23). The van der Waals surface area contributed by atoms with Gasteiger partial charge in [-0.15, -0.1) is 11.3 Å². The van der Waals surface area contributed by atoms with Gasteiger partial charge in [-0.1, -0.05) is 13.8 Å². The molecule has 0 spiro atoms. The van der Waals surface area contributed by atoms with Crippen molar-refractivity contribution in [1.29, 1.82) is 5.26 Å². The molecule has 2 heterocycles. The molecule has 0 aromatic carbocycles. The monoisotopic (exact) mass is 403 g/mol. The summed E-state index contributed by atoms with van der Waals surface area (Å²) >= 11 is 1.01. The first-order valence-corrected chi connectivity index (χ1v) is 9.37. The third-order valence-electron chi connectivity index (χ3n) is 4.21. The quantitative estimate of drug-likeness (QED) is 0.685. The minimum Gasteiger partial charge on any atom is -0.459 e. The van der Waals surface area contributed by atoms with E-state index in [0.717, 1.165) is 11.3 Å². The van der Waals surface area contributed by atoms with Gasteiger partial charge in [0.1, 0.15) is 10.4 Å². The predicted molar refractivity (Wildman–Crippen MR) is 103 cm³/mol. The maximum atomic E-state index is 12.3. The zero-order valence-corrected chi connectivity index (χ0v) is 16.8. The number of hydrogen-bond donors (Lipinski definition) is 2. The topological polar surface area (TPSA) is 121 Å². The Morgan fingerprint density at radius 1 is 1.25 bits per heavy atom. The summed E-state index contributed by atoms with van der Waals surface area (Å²) in [5.74, 6) is -1.68. The van der Waals surface area contributed by atoms with Crippen molar-refractivity contribution in [3.05, 3.63) is 41.2 Å². The summed E-state index contributed by atoms with van der Waals surface area (Å²) in [5.41, 5.74) is -1.07. The normalized spacial score (nSPS) is 13.9. The van der Waals surface area contributed by atoms with E-state index in [-0.39, 0.29) is 16.6 Å². The highest BCUT2D eigenvalue weighted by Gasteiger charge is 2.32. The second-order valence-electron chi connectivity index (χ2n) is 6.60. The molecule has 0 saturated heterocycles. The van der Waals surface area contributed by atoms with Gasteiger partial charge in [-0.3, -0.25) is 9.59 Å². The summed E-state index contributed by atoms with van der Waals surface area (Å²) in [5, 5.41) is 14.9. The Labute approximate surface area is 166 Å². The zero-order chi connectivity index (χ0) is 20.9. The summed E-state index contributed by atoms with van der Waals surface area (Å²) in [6.45, 7) is 6.66. The van der Waals surface area contributed by atoms with Gasteiger partial charge < -0.3 is 19.8 Å². The first-order chi connectivity index (χ1) is 13.2. The summed E-state index contributed by atoms with van der Waals surface area (Å²) in [6, 6.07) is 8.22. The fraction of sp³-hybridized carbons (Fsp3) is 0.368. The van der Waals surface area contributed by atoms with Gasteiger partial charge in [-0.05, 0) is 44.0 Å². The number of hydrogen-bond acceptors (Lipinski definition) is 7. The van der Waals surface area contributed by atoms with Crippen LogP contribution in [0.4, 0.5) is 5.00 Å². The third-order valence-corrected chi connectivity index (χ3v) is 5.19. The van der Waals surface area contributed by atoms with Gasteiger partial charge >= 0.3 is 5.97 Å². The Morgan fingerprint density at radius 3 is 2.54 bits per heavy atom. The summed E-state index contributed by atoms with van der Waals surface area (Å²) < 4.78 is 10.2. The number of rotatable bonds is 7. The van der Waals surface area contributed by atoms with E-state index < -0.39 is 29.4 Å². The van der Waals surface area contributed by atoms with E-state index in [9.17, 15) is 19.6 Å². The Morgan fingerprint density at radius 2 is 1.96 bits per heavy atom. The summed E-state index contributed by atoms with van der Waals surface area (Å²) in [7, 11) is 0. The number of carbonyl (C=O) groups excluding carboxylic acids is 3. The molecule has 2 N–H and O–H groups in total. The molecule has 2 unspecified atom stereocenters. The SMILES string of the molecule is CC(OC(=O)c1ccc(NC(=O)c2ccco2)s1)C(=O)NC(C)(C#N)C(C)C. The van der Waals surface area contributed by atoms with E-state index in [4.69, 9.17) is 9.15 Å². The molecule has 0 aliphatic heterocycles. The number of nitriles is 1. The molecule has 0 aliphatic rings. The van der Waals surface area contributed by atoms with Crippen LogP contribution < -0.4 is 10.6 Å². The van der Waals surface area contributed by atoms with Crippen molar-refractivity contribution < 1.29 is 23.5 Å². The second-order valence-corrected chi connectivity index (χ2v) is 7.68. The van der Waals surface area contributed by atoms with Crippen LogP contribution in [-0.2, 0) is 9.53 Å². The number of anilines is 1. The van der Waals surface area contributed by atoms with Gasteiger partial charge in [0.15, 0.2) is 11.9 Å². The fourth-order valence-corrected chi connectivity index (χ4v) is 2.81. The van der Waals surface area contributed by atoms with Crippen LogP contribution in [-0.4, -0.2) is 29.4 Å². The Balaban J connectivity index is 1.95. The van der Waals surface area contributed by atoms with Crippen molar-refractivity contribution in [2.24, 2.45) is 5.92 Å². The van der Waals surface area contributed by atoms with E-state index in [1.807, 2.05) is 13.8 Å². The van der Waals surface area contributed by atoms with E-state index in [0.29, 0.717) is 5.00 Å². The van der Waals surface area contributed by atoms with Crippen LogP contribution in [0.2, 0.25) is 0 Å². The predicted octanol–water partition coefficient (Wildman–Crippen LogP) is 3.19. The highest BCUT2D eigenvalue weighted by Crippen LogP contribution is 2.24. The number of furan rings is 1. The number of amides is 2. The molecule has 0 fully saturated rings. The molecule has 2 amide bonds.